The normalized spacial score (nSPS) is 17.6. The van der Waals surface area contributed by atoms with E-state index in [1.165, 1.54) is 16.4 Å². The van der Waals surface area contributed by atoms with E-state index in [9.17, 15) is 12.8 Å². The molecule has 0 amide bonds. The first-order chi connectivity index (χ1) is 14.4. The number of benzene rings is 1. The van der Waals surface area contributed by atoms with E-state index in [0.717, 1.165) is 36.2 Å². The number of rotatable bonds is 5. The zero-order valence-electron chi connectivity index (χ0n) is 16.5. The van der Waals surface area contributed by atoms with Gasteiger partial charge in [-0.05, 0) is 61.7 Å². The topological polar surface area (TPSA) is 88.1 Å². The van der Waals surface area contributed by atoms with Crippen molar-refractivity contribution < 1.29 is 12.8 Å². The Morgan fingerprint density at radius 3 is 2.67 bits per heavy atom. The second kappa shape index (κ2) is 8.45. The monoisotopic (exact) mass is 427 g/mol. The molecule has 1 aromatic carbocycles. The van der Waals surface area contributed by atoms with E-state index in [2.05, 4.69) is 20.3 Å². The van der Waals surface area contributed by atoms with Crippen LogP contribution < -0.4 is 5.32 Å². The van der Waals surface area contributed by atoms with Crippen molar-refractivity contribution in [3.63, 3.8) is 0 Å². The van der Waals surface area contributed by atoms with Gasteiger partial charge in [-0.2, -0.15) is 4.31 Å². The summed E-state index contributed by atoms with van der Waals surface area (Å²) in [7, 11) is -3.69. The van der Waals surface area contributed by atoms with E-state index in [0.29, 0.717) is 24.9 Å². The second-order valence-corrected chi connectivity index (χ2v) is 9.19. The average molecular weight is 428 g/mol. The minimum atomic E-state index is -3.69. The molecule has 0 unspecified atom stereocenters. The first-order valence-corrected chi connectivity index (χ1v) is 11.1. The molecular weight excluding hydrogens is 405 g/mol. The molecular formula is C21H22FN5O2S. The first kappa shape index (κ1) is 20.4. The Bertz CT molecular complexity index is 1140. The third-order valence-corrected chi connectivity index (χ3v) is 7.05. The maximum absolute atomic E-state index is 13.2. The maximum Gasteiger partial charge on any atom is 0.243 e. The molecule has 1 fully saturated rings. The van der Waals surface area contributed by atoms with Crippen molar-refractivity contribution in [2.75, 3.05) is 18.4 Å². The van der Waals surface area contributed by atoms with Gasteiger partial charge in [0.1, 0.15) is 11.6 Å². The van der Waals surface area contributed by atoms with Crippen molar-refractivity contribution >= 4 is 21.8 Å². The highest BCUT2D eigenvalue weighted by molar-refractivity contribution is 7.89. The Morgan fingerprint density at radius 1 is 1.10 bits per heavy atom. The van der Waals surface area contributed by atoms with Gasteiger partial charge < -0.3 is 5.32 Å². The fourth-order valence-electron chi connectivity index (χ4n) is 3.54. The van der Waals surface area contributed by atoms with Crippen LogP contribution in [0.15, 0.2) is 59.8 Å². The van der Waals surface area contributed by atoms with Gasteiger partial charge in [0.05, 0.1) is 10.6 Å². The number of pyridine rings is 1. The number of piperidine rings is 1. The van der Waals surface area contributed by atoms with E-state index >= 15 is 0 Å². The zero-order valence-corrected chi connectivity index (χ0v) is 17.3. The van der Waals surface area contributed by atoms with Crippen molar-refractivity contribution in [3.8, 4) is 0 Å². The van der Waals surface area contributed by atoms with E-state index < -0.39 is 15.8 Å². The number of nitrogens with zero attached hydrogens (tertiary/aromatic N) is 4. The van der Waals surface area contributed by atoms with Gasteiger partial charge in [-0.15, -0.1) is 0 Å². The highest BCUT2D eigenvalue weighted by atomic mass is 32.2. The number of sulfonamides is 1. The van der Waals surface area contributed by atoms with Crippen LogP contribution in [0.1, 0.15) is 30.0 Å². The fourth-order valence-corrected chi connectivity index (χ4v) is 5.06. The van der Waals surface area contributed by atoms with Gasteiger partial charge in [0, 0.05) is 31.4 Å². The highest BCUT2D eigenvalue weighted by Crippen LogP contribution is 2.30. The molecule has 9 heteroatoms. The fraction of sp³-hybridized carbons (Fsp3) is 0.286. The van der Waals surface area contributed by atoms with Crippen LogP contribution in [0.5, 0.6) is 0 Å². The molecule has 3 aromatic rings. The summed E-state index contributed by atoms with van der Waals surface area (Å²) in [5.41, 5.74) is 1.75. The number of hydrogen-bond acceptors (Lipinski definition) is 6. The van der Waals surface area contributed by atoms with Crippen molar-refractivity contribution in [2.45, 2.75) is 30.6 Å². The van der Waals surface area contributed by atoms with Crippen LogP contribution >= 0.6 is 0 Å². The molecule has 1 aliphatic heterocycles. The van der Waals surface area contributed by atoms with Gasteiger partial charge in [-0.1, -0.05) is 6.07 Å². The predicted molar refractivity (Wildman–Crippen MR) is 111 cm³/mol. The lowest BCUT2D eigenvalue weighted by molar-refractivity contribution is 0.312. The molecule has 2 aromatic heterocycles. The average Bonchev–Trinajstić information content (AvgIpc) is 2.76. The van der Waals surface area contributed by atoms with Gasteiger partial charge in [-0.3, -0.25) is 0 Å². The minimum absolute atomic E-state index is 0.0534. The first-order valence-electron chi connectivity index (χ1n) is 9.71. The van der Waals surface area contributed by atoms with Gasteiger partial charge in [0.25, 0.3) is 0 Å². The molecule has 1 atom stereocenters. The Morgan fingerprint density at radius 2 is 1.90 bits per heavy atom. The van der Waals surface area contributed by atoms with Crippen molar-refractivity contribution in [3.05, 3.63) is 71.9 Å². The van der Waals surface area contributed by atoms with Crippen LogP contribution in [0, 0.1) is 12.7 Å². The summed E-state index contributed by atoms with van der Waals surface area (Å²) in [6, 6.07) is 10.5. The summed E-state index contributed by atoms with van der Waals surface area (Å²) in [5.74, 6) is 0.587. The van der Waals surface area contributed by atoms with E-state index in [1.54, 1.807) is 12.4 Å². The van der Waals surface area contributed by atoms with Crippen molar-refractivity contribution in [1.82, 2.24) is 19.3 Å². The largest absolute Gasteiger partial charge is 0.309 e. The molecule has 0 radical (unpaired) electrons. The summed E-state index contributed by atoms with van der Waals surface area (Å²) >= 11 is 0. The molecule has 1 saturated heterocycles. The van der Waals surface area contributed by atoms with Crippen molar-refractivity contribution in [2.24, 2.45) is 0 Å². The minimum Gasteiger partial charge on any atom is -0.309 e. The van der Waals surface area contributed by atoms with Crippen LogP contribution in [0.3, 0.4) is 0 Å². The summed E-state index contributed by atoms with van der Waals surface area (Å²) in [4.78, 5) is 13.3. The lowest BCUT2D eigenvalue weighted by Gasteiger charge is -2.31. The lowest BCUT2D eigenvalue weighted by Crippen LogP contribution is -2.39. The molecule has 30 heavy (non-hydrogen) atoms. The van der Waals surface area contributed by atoms with Crippen LogP contribution in [0.2, 0.25) is 0 Å². The Balaban J connectivity index is 1.53. The molecule has 0 aliphatic carbocycles. The molecule has 156 valence electrons. The summed E-state index contributed by atoms with van der Waals surface area (Å²) in [6.07, 6.45) is 4.90. The van der Waals surface area contributed by atoms with E-state index in [-0.39, 0.29) is 10.8 Å². The number of anilines is 2. The number of nitrogens with one attached hydrogen (secondary N) is 1. The predicted octanol–water partition coefficient (Wildman–Crippen LogP) is 3.63. The van der Waals surface area contributed by atoms with Crippen LogP contribution in [0.4, 0.5) is 16.2 Å². The number of halogens is 1. The number of hydrogen-bond donors (Lipinski definition) is 1. The maximum atomic E-state index is 13.2. The standard InChI is InChI=1S/C21H22FN5O2S/c1-15-4-2-11-23-20(15)26-21-24-12-10-19(25-21)16-5-3-13-27(14-16)30(28,29)18-8-6-17(22)7-9-18/h2,4,6-12,16H,3,5,13-14H2,1H3,(H,23,24,25,26)/t16-/m0/s1. The van der Waals surface area contributed by atoms with Crippen molar-refractivity contribution in [1.29, 1.82) is 0 Å². The summed E-state index contributed by atoms with van der Waals surface area (Å²) in [5, 5.41) is 3.12. The molecule has 0 saturated carbocycles. The molecule has 0 spiro atoms. The Kier molecular flexibility index (Phi) is 5.74. The van der Waals surface area contributed by atoms with Crippen LogP contribution in [0.25, 0.3) is 0 Å². The number of aryl methyl sites for hydroxylation is 1. The third-order valence-electron chi connectivity index (χ3n) is 5.17. The second-order valence-electron chi connectivity index (χ2n) is 7.26. The molecule has 4 rings (SSSR count). The Hall–Kier alpha value is -2.91. The van der Waals surface area contributed by atoms with E-state index in [1.807, 2.05) is 25.1 Å². The van der Waals surface area contributed by atoms with Gasteiger partial charge in [0.2, 0.25) is 16.0 Å². The number of aromatic nitrogens is 3. The molecule has 3 heterocycles. The molecule has 7 nitrogen and oxygen atoms in total. The van der Waals surface area contributed by atoms with Gasteiger partial charge >= 0.3 is 0 Å². The zero-order chi connectivity index (χ0) is 21.1. The van der Waals surface area contributed by atoms with Gasteiger partial charge in [-0.25, -0.2) is 27.8 Å². The molecule has 1 N–H and O–H groups in total. The highest BCUT2D eigenvalue weighted by Gasteiger charge is 2.31. The summed E-state index contributed by atoms with van der Waals surface area (Å²) < 4.78 is 40.6. The van der Waals surface area contributed by atoms with Gasteiger partial charge in [0.15, 0.2) is 0 Å². The SMILES string of the molecule is Cc1cccnc1Nc1nccc([C@H]2CCCN(S(=O)(=O)c3ccc(F)cc3)C2)n1. The molecule has 0 bridgehead atoms. The third kappa shape index (κ3) is 4.31. The quantitative estimate of drug-likeness (QED) is 0.669. The summed E-state index contributed by atoms with van der Waals surface area (Å²) in [6.45, 7) is 2.69. The lowest BCUT2D eigenvalue weighted by atomic mass is 9.96. The Labute approximate surface area is 175 Å². The van der Waals surface area contributed by atoms with E-state index in [4.69, 9.17) is 0 Å². The van der Waals surface area contributed by atoms with Crippen LogP contribution in [-0.4, -0.2) is 40.8 Å². The van der Waals surface area contributed by atoms with Crippen LogP contribution in [-0.2, 0) is 10.0 Å². The molecule has 1 aliphatic rings. The smallest absolute Gasteiger partial charge is 0.243 e.